The fourth-order valence-electron chi connectivity index (χ4n) is 2.46. The molecule has 1 fully saturated rings. The van der Waals surface area contributed by atoms with Gasteiger partial charge in [0.15, 0.2) is 5.69 Å². The molecular weight excluding hydrogens is 328 g/mol. The third-order valence-corrected chi connectivity index (χ3v) is 4.75. The van der Waals surface area contributed by atoms with Gasteiger partial charge in [-0.25, -0.2) is 0 Å². The quantitative estimate of drug-likeness (QED) is 0.832. The molecule has 128 valence electrons. The van der Waals surface area contributed by atoms with Crippen molar-refractivity contribution in [2.75, 3.05) is 40.4 Å². The number of likely N-dealkylation sites (N-methyl/N-ethyl adjacent to an activating group) is 1. The van der Waals surface area contributed by atoms with Crippen molar-refractivity contribution in [3.8, 4) is 10.6 Å². The van der Waals surface area contributed by atoms with E-state index in [0.29, 0.717) is 32.0 Å². The lowest BCUT2D eigenvalue weighted by Crippen LogP contribution is -2.40. The number of rotatable bonds is 4. The summed E-state index contributed by atoms with van der Waals surface area (Å²) in [4.78, 5) is 29.0. The maximum Gasteiger partial charge on any atom is 0.274 e. The largest absolute Gasteiger partial charge is 0.378 e. The van der Waals surface area contributed by atoms with E-state index in [9.17, 15) is 9.59 Å². The topological polar surface area (TPSA) is 67.7 Å². The van der Waals surface area contributed by atoms with Crippen molar-refractivity contribution in [3.05, 3.63) is 29.3 Å². The van der Waals surface area contributed by atoms with Crippen LogP contribution in [0, 0.1) is 0 Å². The van der Waals surface area contributed by atoms with Gasteiger partial charge >= 0.3 is 0 Å². The predicted octanol–water partition coefficient (Wildman–Crippen LogP) is 1.17. The predicted molar refractivity (Wildman–Crippen MR) is 91.0 cm³/mol. The molecule has 24 heavy (non-hydrogen) atoms. The molecule has 0 N–H and O–H groups in total. The fraction of sp³-hybridized carbons (Fsp3) is 0.438. The van der Waals surface area contributed by atoms with Crippen LogP contribution in [0.4, 0.5) is 0 Å². The maximum absolute atomic E-state index is 12.7. The minimum absolute atomic E-state index is 0.0683. The lowest BCUT2D eigenvalue weighted by atomic mass is 10.2. The molecule has 3 rings (SSSR count). The molecule has 0 atom stereocenters. The van der Waals surface area contributed by atoms with Gasteiger partial charge in [-0.3, -0.25) is 14.3 Å². The Morgan fingerprint density at radius 1 is 1.33 bits per heavy atom. The molecule has 0 bridgehead atoms. The molecule has 2 aromatic rings. The Labute approximate surface area is 144 Å². The highest BCUT2D eigenvalue weighted by Crippen LogP contribution is 2.26. The summed E-state index contributed by atoms with van der Waals surface area (Å²) in [7, 11) is 3.41. The van der Waals surface area contributed by atoms with Crippen molar-refractivity contribution < 1.29 is 14.3 Å². The number of hydrogen-bond donors (Lipinski definition) is 0. The van der Waals surface area contributed by atoms with E-state index < -0.39 is 0 Å². The van der Waals surface area contributed by atoms with Gasteiger partial charge in [0, 0.05) is 27.2 Å². The van der Waals surface area contributed by atoms with Crippen molar-refractivity contribution in [2.45, 2.75) is 6.54 Å². The van der Waals surface area contributed by atoms with Gasteiger partial charge < -0.3 is 14.5 Å². The van der Waals surface area contributed by atoms with Gasteiger partial charge in [-0.05, 0) is 17.5 Å². The molecule has 8 heteroatoms. The number of aromatic nitrogens is 2. The number of carbonyl (C=O) groups is 2. The molecule has 3 heterocycles. The molecule has 2 amide bonds. The fourth-order valence-corrected chi connectivity index (χ4v) is 3.21. The van der Waals surface area contributed by atoms with Crippen molar-refractivity contribution >= 4 is 23.2 Å². The second-order valence-electron chi connectivity index (χ2n) is 5.74. The normalized spacial score (nSPS) is 14.7. The van der Waals surface area contributed by atoms with E-state index in [2.05, 4.69) is 5.10 Å². The Bertz CT molecular complexity index is 718. The summed E-state index contributed by atoms with van der Waals surface area (Å²) in [6.07, 6.45) is 0. The third kappa shape index (κ3) is 3.49. The zero-order chi connectivity index (χ0) is 17.1. The van der Waals surface area contributed by atoms with Crippen LogP contribution in [0.5, 0.6) is 0 Å². The first-order chi connectivity index (χ1) is 11.6. The second kappa shape index (κ2) is 7.14. The zero-order valence-corrected chi connectivity index (χ0v) is 14.6. The molecule has 0 unspecified atom stereocenters. The number of morpholine rings is 1. The summed E-state index contributed by atoms with van der Waals surface area (Å²) >= 11 is 1.56. The van der Waals surface area contributed by atoms with E-state index in [0.717, 1.165) is 10.6 Å². The van der Waals surface area contributed by atoms with Crippen molar-refractivity contribution in [1.82, 2.24) is 19.6 Å². The molecule has 1 saturated heterocycles. The molecule has 7 nitrogen and oxygen atoms in total. The lowest BCUT2D eigenvalue weighted by Gasteiger charge is -2.25. The molecule has 0 aromatic carbocycles. The Morgan fingerprint density at radius 3 is 2.71 bits per heavy atom. The molecule has 0 saturated carbocycles. The van der Waals surface area contributed by atoms with Gasteiger partial charge in [0.1, 0.15) is 6.54 Å². The average Bonchev–Trinajstić information content (AvgIpc) is 3.24. The van der Waals surface area contributed by atoms with Gasteiger partial charge in [-0.2, -0.15) is 5.10 Å². The van der Waals surface area contributed by atoms with Crippen molar-refractivity contribution in [2.24, 2.45) is 0 Å². The third-order valence-electron chi connectivity index (χ3n) is 3.85. The van der Waals surface area contributed by atoms with E-state index in [1.165, 1.54) is 4.90 Å². The van der Waals surface area contributed by atoms with Crippen LogP contribution in [0.2, 0.25) is 0 Å². The Balaban J connectivity index is 1.90. The van der Waals surface area contributed by atoms with E-state index in [1.807, 2.05) is 17.5 Å². The highest BCUT2D eigenvalue weighted by atomic mass is 32.1. The SMILES string of the molecule is CN(C)C(=O)Cn1nc(C(=O)N2CCOCC2)cc1-c1cccs1. The van der Waals surface area contributed by atoms with Crippen LogP contribution >= 0.6 is 11.3 Å². The first-order valence-electron chi connectivity index (χ1n) is 7.75. The van der Waals surface area contributed by atoms with Gasteiger partial charge in [-0.1, -0.05) is 6.07 Å². The van der Waals surface area contributed by atoms with Crippen LogP contribution in [0.1, 0.15) is 10.5 Å². The monoisotopic (exact) mass is 348 g/mol. The van der Waals surface area contributed by atoms with Crippen LogP contribution in [0.15, 0.2) is 23.6 Å². The van der Waals surface area contributed by atoms with E-state index in [4.69, 9.17) is 4.74 Å². The second-order valence-corrected chi connectivity index (χ2v) is 6.69. The zero-order valence-electron chi connectivity index (χ0n) is 13.8. The first-order valence-corrected chi connectivity index (χ1v) is 8.63. The summed E-state index contributed by atoms with van der Waals surface area (Å²) < 4.78 is 6.90. The van der Waals surface area contributed by atoms with Crippen LogP contribution in [-0.2, 0) is 16.1 Å². The molecular formula is C16H20N4O3S. The van der Waals surface area contributed by atoms with Gasteiger partial charge in [-0.15, -0.1) is 11.3 Å². The molecule has 0 aliphatic carbocycles. The summed E-state index contributed by atoms with van der Waals surface area (Å²) in [6, 6.07) is 5.67. The average molecular weight is 348 g/mol. The van der Waals surface area contributed by atoms with Crippen LogP contribution in [0.3, 0.4) is 0 Å². The van der Waals surface area contributed by atoms with Crippen LogP contribution in [0.25, 0.3) is 10.6 Å². The highest BCUT2D eigenvalue weighted by Gasteiger charge is 2.23. The minimum Gasteiger partial charge on any atom is -0.378 e. The number of thiophene rings is 1. The van der Waals surface area contributed by atoms with Crippen molar-refractivity contribution in [1.29, 1.82) is 0 Å². The summed E-state index contributed by atoms with van der Waals surface area (Å²) in [5, 5.41) is 6.37. The Hall–Kier alpha value is -2.19. The standard InChI is InChI=1S/C16H20N4O3S/c1-18(2)15(21)11-20-13(14-4-3-9-24-14)10-12(17-20)16(22)19-5-7-23-8-6-19/h3-4,9-10H,5-8,11H2,1-2H3. The molecule has 0 spiro atoms. The van der Waals surface area contributed by atoms with Gasteiger partial charge in [0.05, 0.1) is 23.8 Å². The minimum atomic E-state index is -0.118. The molecule has 1 aliphatic rings. The van der Waals surface area contributed by atoms with E-state index >= 15 is 0 Å². The lowest BCUT2D eigenvalue weighted by molar-refractivity contribution is -0.129. The Kier molecular flexibility index (Phi) is 4.96. The van der Waals surface area contributed by atoms with Gasteiger partial charge in [0.2, 0.25) is 5.91 Å². The summed E-state index contributed by atoms with van der Waals surface area (Å²) in [5.41, 5.74) is 1.16. The number of ether oxygens (including phenoxy) is 1. The first kappa shape index (κ1) is 16.7. The number of hydrogen-bond acceptors (Lipinski definition) is 5. The summed E-state index contributed by atoms with van der Waals surface area (Å²) in [6.45, 7) is 2.33. The highest BCUT2D eigenvalue weighted by molar-refractivity contribution is 7.13. The number of carbonyl (C=O) groups excluding carboxylic acids is 2. The van der Waals surface area contributed by atoms with E-state index in [1.54, 1.807) is 41.1 Å². The van der Waals surface area contributed by atoms with Gasteiger partial charge in [0.25, 0.3) is 5.91 Å². The van der Waals surface area contributed by atoms with Crippen LogP contribution in [-0.4, -0.2) is 71.8 Å². The molecule has 1 aliphatic heterocycles. The van der Waals surface area contributed by atoms with E-state index in [-0.39, 0.29) is 18.4 Å². The maximum atomic E-state index is 12.7. The van der Waals surface area contributed by atoms with Crippen molar-refractivity contribution in [3.63, 3.8) is 0 Å². The number of nitrogens with zero attached hydrogens (tertiary/aromatic N) is 4. The molecule has 2 aromatic heterocycles. The van der Waals surface area contributed by atoms with Crippen LogP contribution < -0.4 is 0 Å². The smallest absolute Gasteiger partial charge is 0.274 e. The number of amides is 2. The Morgan fingerprint density at radius 2 is 2.08 bits per heavy atom. The summed E-state index contributed by atoms with van der Waals surface area (Å²) in [5.74, 6) is -0.187. The molecule has 0 radical (unpaired) electrons.